The molecule has 0 saturated carbocycles. The molecule has 0 saturated heterocycles. The number of carbonyl (C=O) groups excluding carboxylic acids is 1. The molecule has 0 bridgehead atoms. The summed E-state index contributed by atoms with van der Waals surface area (Å²) in [5.41, 5.74) is -0.170. The Bertz CT molecular complexity index is 541. The first-order valence-corrected chi connectivity index (χ1v) is 5.04. The van der Waals surface area contributed by atoms with Crippen LogP contribution in [0.1, 0.15) is 22.4 Å². The number of aromatic amines is 1. The second-order valence-electron chi connectivity index (χ2n) is 2.85. The van der Waals surface area contributed by atoms with Gasteiger partial charge in [0.25, 0.3) is 5.56 Å². The van der Waals surface area contributed by atoms with Gasteiger partial charge >= 0.3 is 0 Å². The highest BCUT2D eigenvalue weighted by Crippen LogP contribution is 2.19. The number of H-pyrrole nitrogens is 1. The Labute approximate surface area is 83.6 Å². The lowest BCUT2D eigenvalue weighted by atomic mass is 10.3. The summed E-state index contributed by atoms with van der Waals surface area (Å²) in [4.78, 5) is 30.0. The lowest BCUT2D eigenvalue weighted by Crippen LogP contribution is -2.09. The van der Waals surface area contributed by atoms with Gasteiger partial charge in [0.1, 0.15) is 10.7 Å². The zero-order valence-electron chi connectivity index (χ0n) is 7.53. The van der Waals surface area contributed by atoms with Crippen molar-refractivity contribution in [2.45, 2.75) is 13.3 Å². The maximum Gasteiger partial charge on any atom is 0.259 e. The Morgan fingerprint density at radius 3 is 3.07 bits per heavy atom. The van der Waals surface area contributed by atoms with Crippen LogP contribution >= 0.6 is 11.3 Å². The van der Waals surface area contributed by atoms with E-state index in [-0.39, 0.29) is 5.56 Å². The van der Waals surface area contributed by atoms with E-state index < -0.39 is 0 Å². The third-order valence-electron chi connectivity index (χ3n) is 1.92. The lowest BCUT2D eigenvalue weighted by Gasteiger charge is -1.94. The topological polar surface area (TPSA) is 62.8 Å². The van der Waals surface area contributed by atoms with Gasteiger partial charge in [0.15, 0.2) is 6.29 Å². The first-order valence-electron chi connectivity index (χ1n) is 4.22. The maximum absolute atomic E-state index is 11.5. The lowest BCUT2D eigenvalue weighted by molar-refractivity contribution is 0.112. The molecular weight excluding hydrogens is 200 g/mol. The monoisotopic (exact) mass is 208 g/mol. The van der Waals surface area contributed by atoms with E-state index >= 15 is 0 Å². The Morgan fingerprint density at radius 2 is 2.43 bits per heavy atom. The first-order chi connectivity index (χ1) is 6.74. The molecule has 72 valence electrons. The van der Waals surface area contributed by atoms with Crippen LogP contribution in [0.15, 0.2) is 10.9 Å². The van der Waals surface area contributed by atoms with Crippen molar-refractivity contribution >= 4 is 27.8 Å². The number of hydrogen-bond acceptors (Lipinski definition) is 4. The van der Waals surface area contributed by atoms with E-state index in [0.717, 1.165) is 6.29 Å². The predicted octanol–water partition coefficient (Wildman–Crippen LogP) is 1.36. The molecule has 2 aromatic heterocycles. The number of aldehydes is 1. The highest BCUT2D eigenvalue weighted by atomic mass is 32.1. The number of thiophene rings is 1. The molecule has 2 aromatic rings. The number of hydrogen-bond donors (Lipinski definition) is 1. The third kappa shape index (κ3) is 1.35. The second-order valence-corrected chi connectivity index (χ2v) is 3.91. The predicted molar refractivity (Wildman–Crippen MR) is 55.0 cm³/mol. The van der Waals surface area contributed by atoms with Gasteiger partial charge in [-0.2, -0.15) is 0 Å². The van der Waals surface area contributed by atoms with Gasteiger partial charge in [-0.25, -0.2) is 4.98 Å². The number of carbonyl (C=O) groups is 1. The zero-order chi connectivity index (χ0) is 10.1. The van der Waals surface area contributed by atoms with Crippen molar-refractivity contribution in [1.82, 2.24) is 9.97 Å². The fourth-order valence-electron chi connectivity index (χ4n) is 1.22. The summed E-state index contributed by atoms with van der Waals surface area (Å²) >= 11 is 1.24. The van der Waals surface area contributed by atoms with Gasteiger partial charge < -0.3 is 4.98 Å². The molecule has 0 aliphatic carbocycles. The normalized spacial score (nSPS) is 10.6. The van der Waals surface area contributed by atoms with Crippen LogP contribution in [0, 0.1) is 0 Å². The maximum atomic E-state index is 11.5. The summed E-state index contributed by atoms with van der Waals surface area (Å²) < 4.78 is 0. The first kappa shape index (κ1) is 9.08. The SMILES string of the molecule is CCc1nc2sc(C=O)cc2c(=O)[nH]1. The fraction of sp³-hybridized carbons (Fsp3) is 0.222. The average molecular weight is 208 g/mol. The van der Waals surface area contributed by atoms with E-state index in [1.54, 1.807) is 6.07 Å². The van der Waals surface area contributed by atoms with Crippen LogP contribution in [-0.4, -0.2) is 16.3 Å². The van der Waals surface area contributed by atoms with Crippen LogP contribution in [0.4, 0.5) is 0 Å². The zero-order valence-corrected chi connectivity index (χ0v) is 8.35. The number of aryl methyl sites for hydroxylation is 1. The summed E-state index contributed by atoms with van der Waals surface area (Å²) in [6.07, 6.45) is 1.41. The average Bonchev–Trinajstić information content (AvgIpc) is 2.61. The smallest absolute Gasteiger partial charge is 0.259 e. The van der Waals surface area contributed by atoms with E-state index in [9.17, 15) is 9.59 Å². The molecule has 0 unspecified atom stereocenters. The summed E-state index contributed by atoms with van der Waals surface area (Å²) in [6.45, 7) is 1.92. The summed E-state index contributed by atoms with van der Waals surface area (Å²) in [6, 6.07) is 1.57. The number of rotatable bonds is 2. The van der Waals surface area contributed by atoms with Crippen LogP contribution in [-0.2, 0) is 6.42 Å². The summed E-state index contributed by atoms with van der Waals surface area (Å²) in [5, 5.41) is 0.495. The molecule has 0 aliphatic heterocycles. The number of aromatic nitrogens is 2. The van der Waals surface area contributed by atoms with Gasteiger partial charge in [0, 0.05) is 6.42 Å². The van der Waals surface area contributed by atoms with Crippen molar-refractivity contribution in [3.05, 3.63) is 27.1 Å². The molecular formula is C9H8N2O2S. The van der Waals surface area contributed by atoms with E-state index in [0.29, 0.717) is 27.3 Å². The molecule has 4 nitrogen and oxygen atoms in total. The summed E-state index contributed by atoms with van der Waals surface area (Å²) in [5.74, 6) is 0.654. The van der Waals surface area contributed by atoms with Gasteiger partial charge in [-0.3, -0.25) is 9.59 Å². The highest BCUT2D eigenvalue weighted by Gasteiger charge is 2.07. The van der Waals surface area contributed by atoms with Crippen LogP contribution in [0.2, 0.25) is 0 Å². The van der Waals surface area contributed by atoms with Crippen molar-refractivity contribution < 1.29 is 4.79 Å². The Morgan fingerprint density at radius 1 is 1.64 bits per heavy atom. The van der Waals surface area contributed by atoms with E-state index in [1.807, 2.05) is 6.92 Å². The van der Waals surface area contributed by atoms with Crippen molar-refractivity contribution in [2.24, 2.45) is 0 Å². The number of fused-ring (bicyclic) bond motifs is 1. The van der Waals surface area contributed by atoms with Gasteiger partial charge in [-0.15, -0.1) is 11.3 Å². The van der Waals surface area contributed by atoms with Crippen LogP contribution in [0.3, 0.4) is 0 Å². The van der Waals surface area contributed by atoms with Gasteiger partial charge in [-0.1, -0.05) is 6.92 Å². The molecule has 2 heterocycles. The molecule has 0 amide bonds. The number of nitrogens with zero attached hydrogens (tertiary/aromatic N) is 1. The molecule has 2 rings (SSSR count). The minimum absolute atomic E-state index is 0.170. The Kier molecular flexibility index (Phi) is 2.17. The molecule has 0 atom stereocenters. The third-order valence-corrected chi connectivity index (χ3v) is 2.88. The highest BCUT2D eigenvalue weighted by molar-refractivity contribution is 7.20. The Balaban J connectivity index is 2.79. The molecule has 0 spiro atoms. The van der Waals surface area contributed by atoms with Crippen molar-refractivity contribution in [3.8, 4) is 0 Å². The van der Waals surface area contributed by atoms with Crippen LogP contribution < -0.4 is 5.56 Å². The minimum Gasteiger partial charge on any atom is -0.310 e. The Hall–Kier alpha value is -1.49. The minimum atomic E-state index is -0.170. The summed E-state index contributed by atoms with van der Waals surface area (Å²) in [7, 11) is 0. The van der Waals surface area contributed by atoms with E-state index in [4.69, 9.17) is 0 Å². The van der Waals surface area contributed by atoms with Crippen molar-refractivity contribution in [1.29, 1.82) is 0 Å². The molecule has 14 heavy (non-hydrogen) atoms. The molecule has 5 heteroatoms. The van der Waals surface area contributed by atoms with Gasteiger partial charge in [0.05, 0.1) is 10.3 Å². The largest absolute Gasteiger partial charge is 0.310 e. The van der Waals surface area contributed by atoms with E-state index in [2.05, 4.69) is 9.97 Å². The second kappa shape index (κ2) is 3.34. The van der Waals surface area contributed by atoms with Gasteiger partial charge in [0.2, 0.25) is 0 Å². The fourth-order valence-corrected chi connectivity index (χ4v) is 2.09. The molecule has 0 fully saturated rings. The van der Waals surface area contributed by atoms with Crippen molar-refractivity contribution in [3.63, 3.8) is 0 Å². The number of nitrogens with one attached hydrogen (secondary N) is 1. The molecule has 0 aliphatic rings. The van der Waals surface area contributed by atoms with Crippen molar-refractivity contribution in [2.75, 3.05) is 0 Å². The van der Waals surface area contributed by atoms with Gasteiger partial charge in [-0.05, 0) is 6.07 Å². The van der Waals surface area contributed by atoms with Crippen LogP contribution in [0.5, 0.6) is 0 Å². The van der Waals surface area contributed by atoms with Crippen LogP contribution in [0.25, 0.3) is 10.2 Å². The van der Waals surface area contributed by atoms with E-state index in [1.165, 1.54) is 11.3 Å². The molecule has 1 N–H and O–H groups in total. The quantitative estimate of drug-likeness (QED) is 0.758. The molecule has 0 aromatic carbocycles. The standard InChI is InChI=1S/C9H8N2O2S/c1-2-7-10-8(13)6-3-5(4-12)14-9(6)11-7/h3-4H,2H2,1H3,(H,10,11,13). The molecule has 0 radical (unpaired) electrons.